The first-order valence-electron chi connectivity index (χ1n) is 7.29. The van der Waals surface area contributed by atoms with E-state index in [1.54, 1.807) is 6.07 Å². The Balaban J connectivity index is 1.88. The summed E-state index contributed by atoms with van der Waals surface area (Å²) in [7, 11) is 0. The van der Waals surface area contributed by atoms with Crippen LogP contribution in [0.5, 0.6) is 0 Å². The summed E-state index contributed by atoms with van der Waals surface area (Å²) in [5.41, 5.74) is 3.21. The van der Waals surface area contributed by atoms with Gasteiger partial charge in [-0.25, -0.2) is 0 Å². The molecule has 2 aromatic rings. The topological polar surface area (TPSA) is 29.1 Å². The Morgan fingerprint density at radius 3 is 2.45 bits per heavy atom. The number of benzene rings is 2. The summed E-state index contributed by atoms with van der Waals surface area (Å²) in [6.45, 7) is 4.34. The van der Waals surface area contributed by atoms with Crippen LogP contribution >= 0.6 is 27.5 Å². The summed E-state index contributed by atoms with van der Waals surface area (Å²) in [5.74, 6) is 0.519. The zero-order chi connectivity index (χ0) is 16.1. The minimum Gasteiger partial charge on any atom is -0.326 e. The lowest BCUT2D eigenvalue weighted by Gasteiger charge is -2.08. The Kier molecular flexibility index (Phi) is 6.04. The first-order chi connectivity index (χ1) is 10.5. The van der Waals surface area contributed by atoms with Crippen molar-refractivity contribution in [2.75, 3.05) is 5.32 Å². The quantitative estimate of drug-likeness (QED) is 0.698. The first-order valence-corrected chi connectivity index (χ1v) is 8.46. The summed E-state index contributed by atoms with van der Waals surface area (Å²) < 4.78 is 0.817. The summed E-state index contributed by atoms with van der Waals surface area (Å²) in [6, 6.07) is 13.8. The van der Waals surface area contributed by atoms with Gasteiger partial charge in [0.25, 0.3) is 0 Å². The fourth-order valence-electron chi connectivity index (χ4n) is 2.12. The van der Waals surface area contributed by atoms with Crippen molar-refractivity contribution in [3.05, 3.63) is 63.1 Å². The number of hydrogen-bond donors (Lipinski definition) is 1. The number of rotatable bonds is 5. The molecule has 0 aliphatic carbocycles. The molecule has 0 heterocycles. The van der Waals surface area contributed by atoms with Gasteiger partial charge in [-0.15, -0.1) is 0 Å². The van der Waals surface area contributed by atoms with Crippen LogP contribution in [0.3, 0.4) is 0 Å². The fourth-order valence-corrected chi connectivity index (χ4v) is 2.55. The SMILES string of the molecule is CC(C)c1ccc(CCC(=O)Nc2ccc(Br)c(Cl)c2)cc1. The monoisotopic (exact) mass is 379 g/mol. The van der Waals surface area contributed by atoms with Crippen LogP contribution in [0.25, 0.3) is 0 Å². The van der Waals surface area contributed by atoms with E-state index in [9.17, 15) is 4.79 Å². The van der Waals surface area contributed by atoms with Crippen LogP contribution in [0.2, 0.25) is 5.02 Å². The number of amides is 1. The minimum atomic E-state index is -0.00803. The van der Waals surface area contributed by atoms with Crippen LogP contribution in [-0.2, 0) is 11.2 Å². The van der Waals surface area contributed by atoms with Gasteiger partial charge >= 0.3 is 0 Å². The lowest BCUT2D eigenvalue weighted by molar-refractivity contribution is -0.116. The molecule has 2 nitrogen and oxygen atoms in total. The molecule has 1 N–H and O–H groups in total. The third-order valence-corrected chi connectivity index (χ3v) is 4.72. The highest BCUT2D eigenvalue weighted by molar-refractivity contribution is 9.10. The maximum atomic E-state index is 12.0. The van der Waals surface area contributed by atoms with Gasteiger partial charge in [0.05, 0.1) is 5.02 Å². The van der Waals surface area contributed by atoms with Gasteiger partial charge in [0, 0.05) is 16.6 Å². The molecule has 4 heteroatoms. The Morgan fingerprint density at radius 2 is 1.86 bits per heavy atom. The summed E-state index contributed by atoms with van der Waals surface area (Å²) in [5, 5.41) is 3.45. The molecule has 0 radical (unpaired) electrons. The first kappa shape index (κ1) is 17.0. The standard InChI is InChI=1S/C18H19BrClNO/c1-12(2)14-6-3-13(4-7-14)5-10-18(22)21-15-8-9-16(19)17(20)11-15/h3-4,6-9,11-12H,5,10H2,1-2H3,(H,21,22). The summed E-state index contributed by atoms with van der Waals surface area (Å²) >= 11 is 9.34. The minimum absolute atomic E-state index is 0.00803. The summed E-state index contributed by atoms with van der Waals surface area (Å²) in [4.78, 5) is 12.0. The van der Waals surface area contributed by atoms with Crippen LogP contribution < -0.4 is 5.32 Å². The second-order valence-corrected chi connectivity index (χ2v) is 6.83. The highest BCUT2D eigenvalue weighted by Gasteiger charge is 2.06. The zero-order valence-corrected chi connectivity index (χ0v) is 15.0. The lowest BCUT2D eigenvalue weighted by atomic mass is 10.0. The Labute approximate surface area is 145 Å². The van der Waals surface area contributed by atoms with Crippen LogP contribution in [0.15, 0.2) is 46.9 Å². The van der Waals surface area contributed by atoms with Crippen molar-refractivity contribution >= 4 is 39.1 Å². The summed E-state index contributed by atoms with van der Waals surface area (Å²) in [6.07, 6.45) is 1.18. The highest BCUT2D eigenvalue weighted by atomic mass is 79.9. The molecule has 0 saturated heterocycles. The van der Waals surface area contributed by atoms with Crippen molar-refractivity contribution in [2.24, 2.45) is 0 Å². The second kappa shape index (κ2) is 7.80. The highest BCUT2D eigenvalue weighted by Crippen LogP contribution is 2.25. The fraction of sp³-hybridized carbons (Fsp3) is 0.278. The molecular weight excluding hydrogens is 362 g/mol. The number of carbonyl (C=O) groups excluding carboxylic acids is 1. The molecule has 0 aliphatic heterocycles. The molecule has 1 amide bonds. The smallest absolute Gasteiger partial charge is 0.224 e. The molecule has 0 unspecified atom stereocenters. The van der Waals surface area contributed by atoms with Crippen molar-refractivity contribution in [3.8, 4) is 0 Å². The maximum Gasteiger partial charge on any atom is 0.224 e. The third kappa shape index (κ3) is 4.85. The molecule has 2 rings (SSSR count). The van der Waals surface area contributed by atoms with E-state index in [1.165, 1.54) is 11.1 Å². The molecular formula is C18H19BrClNO. The average Bonchev–Trinajstić information content (AvgIpc) is 2.49. The average molecular weight is 381 g/mol. The van der Waals surface area contributed by atoms with Gasteiger partial charge in [0.1, 0.15) is 0 Å². The van der Waals surface area contributed by atoms with E-state index in [4.69, 9.17) is 11.6 Å². The molecule has 2 aromatic carbocycles. The van der Waals surface area contributed by atoms with E-state index in [0.717, 1.165) is 10.9 Å². The number of aryl methyl sites for hydroxylation is 1. The molecule has 0 fully saturated rings. The predicted octanol–water partition coefficient (Wildman–Crippen LogP) is 5.80. The van der Waals surface area contributed by atoms with E-state index in [-0.39, 0.29) is 5.91 Å². The van der Waals surface area contributed by atoms with Gasteiger partial charge in [0.2, 0.25) is 5.91 Å². The van der Waals surface area contributed by atoms with Crippen LogP contribution in [0.4, 0.5) is 5.69 Å². The lowest BCUT2D eigenvalue weighted by Crippen LogP contribution is -2.12. The molecule has 0 atom stereocenters. The molecule has 22 heavy (non-hydrogen) atoms. The second-order valence-electron chi connectivity index (χ2n) is 5.57. The molecule has 0 saturated carbocycles. The third-order valence-electron chi connectivity index (χ3n) is 3.49. The molecule has 0 spiro atoms. The normalized spacial score (nSPS) is 10.8. The van der Waals surface area contributed by atoms with E-state index in [0.29, 0.717) is 23.0 Å². The van der Waals surface area contributed by atoms with Crippen molar-refractivity contribution in [3.63, 3.8) is 0 Å². The number of nitrogens with one attached hydrogen (secondary N) is 1. The van der Waals surface area contributed by atoms with Gasteiger partial charge in [-0.05, 0) is 57.6 Å². The van der Waals surface area contributed by atoms with E-state index in [2.05, 4.69) is 59.4 Å². The van der Waals surface area contributed by atoms with Gasteiger partial charge in [-0.2, -0.15) is 0 Å². The predicted molar refractivity (Wildman–Crippen MR) is 96.6 cm³/mol. The van der Waals surface area contributed by atoms with Gasteiger partial charge in [-0.1, -0.05) is 49.7 Å². The van der Waals surface area contributed by atoms with E-state index in [1.807, 2.05) is 12.1 Å². The molecule has 0 aromatic heterocycles. The Morgan fingerprint density at radius 1 is 1.18 bits per heavy atom. The van der Waals surface area contributed by atoms with Gasteiger partial charge < -0.3 is 5.32 Å². The van der Waals surface area contributed by atoms with Gasteiger partial charge in [0.15, 0.2) is 0 Å². The molecule has 0 aliphatic rings. The molecule has 116 valence electrons. The zero-order valence-electron chi connectivity index (χ0n) is 12.7. The number of carbonyl (C=O) groups is 1. The van der Waals surface area contributed by atoms with Crippen molar-refractivity contribution < 1.29 is 4.79 Å². The maximum absolute atomic E-state index is 12.0. The Bertz CT molecular complexity index is 653. The largest absolute Gasteiger partial charge is 0.326 e. The number of anilines is 1. The number of hydrogen-bond acceptors (Lipinski definition) is 1. The van der Waals surface area contributed by atoms with Crippen LogP contribution in [0, 0.1) is 0 Å². The number of halogens is 2. The van der Waals surface area contributed by atoms with Gasteiger partial charge in [-0.3, -0.25) is 4.79 Å². The van der Waals surface area contributed by atoms with Crippen LogP contribution in [-0.4, -0.2) is 5.91 Å². The Hall–Kier alpha value is -1.32. The van der Waals surface area contributed by atoms with Crippen LogP contribution in [0.1, 0.15) is 37.3 Å². The van der Waals surface area contributed by atoms with Crippen molar-refractivity contribution in [2.45, 2.75) is 32.6 Å². The van der Waals surface area contributed by atoms with Crippen molar-refractivity contribution in [1.29, 1.82) is 0 Å². The van der Waals surface area contributed by atoms with E-state index >= 15 is 0 Å². The molecule has 0 bridgehead atoms. The van der Waals surface area contributed by atoms with E-state index < -0.39 is 0 Å². The van der Waals surface area contributed by atoms with Crippen molar-refractivity contribution in [1.82, 2.24) is 0 Å².